The second-order valence-electron chi connectivity index (χ2n) is 4.29. The summed E-state index contributed by atoms with van der Waals surface area (Å²) in [5.41, 5.74) is -1.52. The van der Waals surface area contributed by atoms with Crippen molar-refractivity contribution in [2.75, 3.05) is 6.61 Å². The largest absolute Gasteiger partial charge is 0.453 e. The van der Waals surface area contributed by atoms with Crippen LogP contribution in [0.1, 0.15) is 19.8 Å². The molecule has 0 aliphatic heterocycles. The molecule has 0 N–H and O–H groups in total. The summed E-state index contributed by atoms with van der Waals surface area (Å²) in [5.74, 6) is -4.74. The molecule has 0 heterocycles. The molecular weight excluding hydrogens is 294 g/mol. The molecule has 1 atom stereocenters. The first-order valence-electron chi connectivity index (χ1n) is 5.48. The Morgan fingerprint density at radius 2 is 1.80 bits per heavy atom. The van der Waals surface area contributed by atoms with Crippen LogP contribution in [0.5, 0.6) is 0 Å². The van der Waals surface area contributed by atoms with E-state index in [2.05, 4.69) is 4.74 Å². The molecule has 1 aliphatic rings. The molecule has 0 fully saturated rings. The van der Waals surface area contributed by atoms with Gasteiger partial charge in [0.1, 0.15) is 0 Å². The van der Waals surface area contributed by atoms with Crippen molar-refractivity contribution in [3.8, 4) is 0 Å². The highest BCUT2D eigenvalue weighted by molar-refractivity contribution is 6.05. The fourth-order valence-corrected chi connectivity index (χ4v) is 1.87. The van der Waals surface area contributed by atoms with Crippen molar-refractivity contribution in [3.63, 3.8) is 0 Å². The van der Waals surface area contributed by atoms with Crippen LogP contribution in [0.4, 0.5) is 26.3 Å². The molecule has 0 saturated heterocycles. The number of halogens is 6. The Kier molecular flexibility index (Phi) is 4.50. The number of ketones is 1. The topological polar surface area (TPSA) is 43.4 Å². The van der Waals surface area contributed by atoms with E-state index in [4.69, 9.17) is 0 Å². The Hall–Kier alpha value is -1.54. The Morgan fingerprint density at radius 3 is 2.25 bits per heavy atom. The number of Topliss-reactive ketones (excluding diaryl/α,β-unsaturated/α-hetero) is 1. The van der Waals surface area contributed by atoms with Gasteiger partial charge in [-0.15, -0.1) is 0 Å². The van der Waals surface area contributed by atoms with E-state index in [1.54, 1.807) is 0 Å². The molecule has 9 heteroatoms. The molecule has 1 aliphatic carbocycles. The zero-order valence-corrected chi connectivity index (χ0v) is 10.2. The molecule has 0 aromatic rings. The van der Waals surface area contributed by atoms with Crippen molar-refractivity contribution in [2.45, 2.75) is 32.1 Å². The quantitative estimate of drug-likeness (QED) is 0.582. The highest BCUT2D eigenvalue weighted by Gasteiger charge is 2.48. The van der Waals surface area contributed by atoms with Crippen molar-refractivity contribution in [3.05, 3.63) is 11.1 Å². The van der Waals surface area contributed by atoms with Crippen LogP contribution in [-0.4, -0.2) is 30.7 Å². The minimum atomic E-state index is -4.85. The number of ether oxygens (including phenoxy) is 1. The maximum atomic E-state index is 12.8. The van der Waals surface area contributed by atoms with Crippen molar-refractivity contribution < 1.29 is 40.7 Å². The zero-order chi connectivity index (χ0) is 15.7. The first-order valence-corrected chi connectivity index (χ1v) is 5.48. The van der Waals surface area contributed by atoms with Gasteiger partial charge in [0.2, 0.25) is 0 Å². The zero-order valence-electron chi connectivity index (χ0n) is 10.2. The number of rotatable bonds is 2. The molecule has 114 valence electrons. The minimum Gasteiger partial charge on any atom is -0.453 e. The monoisotopic (exact) mass is 304 g/mol. The first-order chi connectivity index (χ1) is 8.93. The summed E-state index contributed by atoms with van der Waals surface area (Å²) in [5, 5.41) is 0. The van der Waals surface area contributed by atoms with Crippen LogP contribution in [-0.2, 0) is 14.3 Å². The molecule has 1 rings (SSSR count). The highest BCUT2D eigenvalue weighted by Crippen LogP contribution is 2.40. The number of hydrogen-bond donors (Lipinski definition) is 0. The van der Waals surface area contributed by atoms with Crippen LogP contribution in [0.15, 0.2) is 11.1 Å². The Labute approximate surface area is 109 Å². The van der Waals surface area contributed by atoms with E-state index in [1.165, 1.54) is 0 Å². The summed E-state index contributed by atoms with van der Waals surface area (Å²) in [6.07, 6.45) is -10.8. The van der Waals surface area contributed by atoms with Gasteiger partial charge in [0.25, 0.3) is 0 Å². The molecule has 0 aromatic heterocycles. The van der Waals surface area contributed by atoms with E-state index < -0.39 is 60.6 Å². The van der Waals surface area contributed by atoms with Gasteiger partial charge in [-0.25, -0.2) is 4.79 Å². The van der Waals surface area contributed by atoms with Crippen LogP contribution in [0.25, 0.3) is 0 Å². The second kappa shape index (κ2) is 5.45. The number of alkyl halides is 6. The number of allylic oxidation sites excluding steroid dienone is 1. The molecule has 0 bridgehead atoms. The summed E-state index contributed by atoms with van der Waals surface area (Å²) in [7, 11) is 0. The fraction of sp³-hybridized carbons (Fsp3) is 0.636. The lowest BCUT2D eigenvalue weighted by Crippen LogP contribution is -2.35. The predicted molar refractivity (Wildman–Crippen MR) is 53.5 cm³/mol. The van der Waals surface area contributed by atoms with Crippen LogP contribution in [0, 0.1) is 5.92 Å². The smallest absolute Gasteiger partial charge is 0.422 e. The van der Waals surface area contributed by atoms with Gasteiger partial charge in [0, 0.05) is 12.0 Å². The number of carbonyl (C=O) groups is 2. The van der Waals surface area contributed by atoms with Crippen molar-refractivity contribution >= 4 is 11.8 Å². The van der Waals surface area contributed by atoms with E-state index in [0.717, 1.165) is 6.92 Å². The summed E-state index contributed by atoms with van der Waals surface area (Å²) in [6.45, 7) is -1.02. The minimum absolute atomic E-state index is 0.411. The molecule has 0 aromatic carbocycles. The maximum Gasteiger partial charge on any atom is 0.422 e. The van der Waals surface area contributed by atoms with Gasteiger partial charge in [-0.05, 0) is 13.3 Å². The van der Waals surface area contributed by atoms with Gasteiger partial charge in [-0.1, -0.05) is 0 Å². The molecule has 20 heavy (non-hydrogen) atoms. The number of esters is 1. The van der Waals surface area contributed by atoms with Crippen molar-refractivity contribution in [1.82, 2.24) is 0 Å². The Bertz CT molecular complexity index is 446. The van der Waals surface area contributed by atoms with E-state index >= 15 is 0 Å². The lowest BCUT2D eigenvalue weighted by atomic mass is 9.82. The summed E-state index contributed by atoms with van der Waals surface area (Å²) in [6, 6.07) is 0. The number of carbonyl (C=O) groups excluding carboxylic acids is 2. The van der Waals surface area contributed by atoms with E-state index in [-0.39, 0.29) is 0 Å². The predicted octanol–water partition coefficient (Wildman–Crippen LogP) is 2.95. The van der Waals surface area contributed by atoms with Gasteiger partial charge >= 0.3 is 18.3 Å². The molecule has 3 nitrogen and oxygen atoms in total. The summed E-state index contributed by atoms with van der Waals surface area (Å²) < 4.78 is 77.8. The second-order valence-corrected chi connectivity index (χ2v) is 4.29. The van der Waals surface area contributed by atoms with Gasteiger partial charge in [-0.3, -0.25) is 4.79 Å². The van der Waals surface area contributed by atoms with Crippen LogP contribution in [0.2, 0.25) is 0 Å². The van der Waals surface area contributed by atoms with Gasteiger partial charge in [-0.2, -0.15) is 26.3 Å². The van der Waals surface area contributed by atoms with Crippen LogP contribution >= 0.6 is 0 Å². The molecule has 0 saturated carbocycles. The Balaban J connectivity index is 3.04. The standard InChI is InChI=1S/C11H10F6O3/c1-5-7(18)3-2-6(11(15,16)17)8(5)9(19)20-4-10(12,13)14/h6H,2-4H2,1H3. The third kappa shape index (κ3) is 3.97. The molecule has 0 amide bonds. The lowest BCUT2D eigenvalue weighted by molar-refractivity contribution is -0.190. The summed E-state index contributed by atoms with van der Waals surface area (Å²) >= 11 is 0. The molecular formula is C11H10F6O3. The lowest BCUT2D eigenvalue weighted by Gasteiger charge is -2.27. The van der Waals surface area contributed by atoms with Gasteiger partial charge in [0.15, 0.2) is 12.4 Å². The van der Waals surface area contributed by atoms with E-state index in [1.807, 2.05) is 0 Å². The van der Waals surface area contributed by atoms with Gasteiger partial charge < -0.3 is 4.74 Å². The normalized spacial score (nSPS) is 21.1. The van der Waals surface area contributed by atoms with Crippen molar-refractivity contribution in [1.29, 1.82) is 0 Å². The van der Waals surface area contributed by atoms with E-state index in [9.17, 15) is 35.9 Å². The molecule has 0 radical (unpaired) electrons. The highest BCUT2D eigenvalue weighted by atomic mass is 19.4. The van der Waals surface area contributed by atoms with Crippen LogP contribution in [0.3, 0.4) is 0 Å². The number of hydrogen-bond acceptors (Lipinski definition) is 3. The maximum absolute atomic E-state index is 12.8. The third-order valence-electron chi connectivity index (χ3n) is 2.81. The summed E-state index contributed by atoms with van der Waals surface area (Å²) in [4.78, 5) is 22.8. The fourth-order valence-electron chi connectivity index (χ4n) is 1.87. The molecule has 0 spiro atoms. The Morgan fingerprint density at radius 1 is 1.25 bits per heavy atom. The third-order valence-corrected chi connectivity index (χ3v) is 2.81. The average Bonchev–Trinajstić information content (AvgIpc) is 2.27. The average molecular weight is 304 g/mol. The molecule has 1 unspecified atom stereocenters. The van der Waals surface area contributed by atoms with Crippen molar-refractivity contribution in [2.24, 2.45) is 5.92 Å². The van der Waals surface area contributed by atoms with E-state index in [0.29, 0.717) is 0 Å². The van der Waals surface area contributed by atoms with Gasteiger partial charge in [0.05, 0.1) is 11.5 Å². The SMILES string of the molecule is CC1=C(C(=O)OCC(F)(F)F)C(C(F)(F)F)CCC1=O. The first kappa shape index (κ1) is 16.5. The van der Waals surface area contributed by atoms with Crippen LogP contribution < -0.4 is 0 Å².